The first-order valence-corrected chi connectivity index (χ1v) is 6.55. The van der Waals surface area contributed by atoms with Crippen molar-refractivity contribution in [3.63, 3.8) is 0 Å². The highest BCUT2D eigenvalue weighted by Gasteiger charge is 2.09. The third-order valence-electron chi connectivity index (χ3n) is 2.78. The molecule has 0 fully saturated rings. The Morgan fingerprint density at radius 3 is 2.75 bits per heavy atom. The average Bonchev–Trinajstić information content (AvgIpc) is 2.44. The average molecular weight is 288 g/mol. The zero-order valence-electron chi connectivity index (χ0n) is 11.2. The van der Waals surface area contributed by atoms with Crippen LogP contribution in [0.15, 0.2) is 24.5 Å². The first-order valence-electron chi connectivity index (χ1n) is 6.17. The summed E-state index contributed by atoms with van der Waals surface area (Å²) in [7, 11) is 0. The Kier molecular flexibility index (Phi) is 4.38. The molecule has 1 aromatic carbocycles. The summed E-state index contributed by atoms with van der Waals surface area (Å²) in [5, 5.41) is 16.0. The molecule has 0 radical (unpaired) electrons. The van der Waals surface area contributed by atoms with Crippen LogP contribution in [0.2, 0.25) is 5.02 Å². The summed E-state index contributed by atoms with van der Waals surface area (Å²) >= 11 is 5.97. The van der Waals surface area contributed by atoms with Gasteiger partial charge in [0.1, 0.15) is 24.0 Å². The van der Waals surface area contributed by atoms with Gasteiger partial charge >= 0.3 is 0 Å². The molecule has 2 N–H and O–H groups in total. The Morgan fingerprint density at radius 2 is 2.05 bits per heavy atom. The molecule has 0 aliphatic rings. The van der Waals surface area contributed by atoms with E-state index in [1.807, 2.05) is 13.8 Å². The minimum atomic E-state index is 0.511. The maximum atomic E-state index is 9.12. The second-order valence-corrected chi connectivity index (χ2v) is 4.59. The van der Waals surface area contributed by atoms with Gasteiger partial charge in [0.25, 0.3) is 0 Å². The van der Waals surface area contributed by atoms with Gasteiger partial charge in [0, 0.05) is 17.1 Å². The number of nitrogens with one attached hydrogen (secondary N) is 2. The van der Waals surface area contributed by atoms with Crippen LogP contribution in [0, 0.1) is 18.3 Å². The zero-order valence-corrected chi connectivity index (χ0v) is 12.0. The molecule has 0 atom stereocenters. The number of nitrogens with zero attached hydrogens (tertiary/aromatic N) is 3. The number of anilines is 3. The summed E-state index contributed by atoms with van der Waals surface area (Å²) in [6.45, 7) is 4.69. The van der Waals surface area contributed by atoms with E-state index in [9.17, 15) is 0 Å². The number of hydrogen-bond donors (Lipinski definition) is 2. The normalized spacial score (nSPS) is 9.90. The maximum absolute atomic E-state index is 9.12. The Hall–Kier alpha value is -2.32. The van der Waals surface area contributed by atoms with Crippen molar-refractivity contribution in [1.29, 1.82) is 5.26 Å². The van der Waals surface area contributed by atoms with Crippen LogP contribution in [0.1, 0.15) is 18.1 Å². The van der Waals surface area contributed by atoms with Gasteiger partial charge in [-0.05, 0) is 32.0 Å². The van der Waals surface area contributed by atoms with Crippen LogP contribution in [-0.4, -0.2) is 16.5 Å². The number of rotatable bonds is 4. The van der Waals surface area contributed by atoms with Crippen molar-refractivity contribution in [2.45, 2.75) is 13.8 Å². The molecule has 0 aliphatic heterocycles. The van der Waals surface area contributed by atoms with E-state index in [2.05, 4.69) is 26.7 Å². The van der Waals surface area contributed by atoms with Crippen LogP contribution in [0.4, 0.5) is 17.3 Å². The number of hydrogen-bond acceptors (Lipinski definition) is 5. The van der Waals surface area contributed by atoms with Gasteiger partial charge in [0.2, 0.25) is 0 Å². The van der Waals surface area contributed by atoms with Crippen molar-refractivity contribution in [3.8, 4) is 6.07 Å². The predicted octanol–water partition coefficient (Wildman–Crippen LogP) is 3.49. The quantitative estimate of drug-likeness (QED) is 0.900. The minimum Gasteiger partial charge on any atom is -0.370 e. The number of nitriles is 1. The van der Waals surface area contributed by atoms with E-state index in [1.54, 1.807) is 18.2 Å². The highest BCUT2D eigenvalue weighted by atomic mass is 35.5. The van der Waals surface area contributed by atoms with Crippen LogP contribution in [-0.2, 0) is 0 Å². The van der Waals surface area contributed by atoms with Crippen molar-refractivity contribution in [1.82, 2.24) is 9.97 Å². The van der Waals surface area contributed by atoms with E-state index >= 15 is 0 Å². The van der Waals surface area contributed by atoms with Crippen molar-refractivity contribution >= 4 is 28.9 Å². The molecular formula is C14H14ClN5. The van der Waals surface area contributed by atoms with Crippen LogP contribution in [0.5, 0.6) is 0 Å². The van der Waals surface area contributed by atoms with Gasteiger partial charge in [0.05, 0.1) is 11.3 Å². The fourth-order valence-corrected chi connectivity index (χ4v) is 1.94. The van der Waals surface area contributed by atoms with Crippen molar-refractivity contribution in [3.05, 3.63) is 40.7 Å². The van der Waals surface area contributed by atoms with Gasteiger partial charge in [-0.3, -0.25) is 0 Å². The lowest BCUT2D eigenvalue weighted by Gasteiger charge is -2.13. The molecule has 0 spiro atoms. The zero-order chi connectivity index (χ0) is 14.5. The Morgan fingerprint density at radius 1 is 1.30 bits per heavy atom. The molecule has 1 aromatic heterocycles. The second-order valence-electron chi connectivity index (χ2n) is 4.15. The summed E-state index contributed by atoms with van der Waals surface area (Å²) in [4.78, 5) is 8.38. The standard InChI is InChI=1S/C14H14ClN5/c1-3-17-13-9(2)14(19-8-18-13)20-12-6-11(15)5-4-10(12)7-16/h4-6,8H,3H2,1-2H3,(H2,17,18,19,20). The molecule has 0 unspecified atom stereocenters. The smallest absolute Gasteiger partial charge is 0.138 e. The number of aromatic nitrogens is 2. The molecule has 20 heavy (non-hydrogen) atoms. The van der Waals surface area contributed by atoms with Gasteiger partial charge < -0.3 is 10.6 Å². The molecule has 1 heterocycles. The Balaban J connectivity index is 2.38. The maximum Gasteiger partial charge on any atom is 0.138 e. The summed E-state index contributed by atoms with van der Waals surface area (Å²) in [5.74, 6) is 1.42. The van der Waals surface area contributed by atoms with Crippen LogP contribution >= 0.6 is 11.6 Å². The molecule has 2 aromatic rings. The molecule has 0 saturated heterocycles. The van der Waals surface area contributed by atoms with E-state index in [0.29, 0.717) is 22.1 Å². The van der Waals surface area contributed by atoms with E-state index in [0.717, 1.165) is 17.9 Å². The van der Waals surface area contributed by atoms with Crippen LogP contribution in [0.3, 0.4) is 0 Å². The minimum absolute atomic E-state index is 0.511. The molecule has 5 nitrogen and oxygen atoms in total. The third kappa shape index (κ3) is 2.98. The first kappa shape index (κ1) is 14.1. The molecule has 102 valence electrons. The van der Waals surface area contributed by atoms with E-state index in [1.165, 1.54) is 6.33 Å². The largest absolute Gasteiger partial charge is 0.370 e. The molecule has 0 aliphatic carbocycles. The van der Waals surface area contributed by atoms with E-state index < -0.39 is 0 Å². The fourth-order valence-electron chi connectivity index (χ4n) is 1.77. The lowest BCUT2D eigenvalue weighted by Crippen LogP contribution is -2.06. The predicted molar refractivity (Wildman–Crippen MR) is 80.4 cm³/mol. The molecule has 6 heteroatoms. The summed E-state index contributed by atoms with van der Waals surface area (Å²) in [5.41, 5.74) is 2.03. The van der Waals surface area contributed by atoms with Gasteiger partial charge in [-0.25, -0.2) is 9.97 Å². The first-order chi connectivity index (χ1) is 9.65. The van der Waals surface area contributed by atoms with Crippen LogP contribution in [0.25, 0.3) is 0 Å². The topological polar surface area (TPSA) is 73.6 Å². The van der Waals surface area contributed by atoms with Crippen molar-refractivity contribution in [2.75, 3.05) is 17.2 Å². The lowest BCUT2D eigenvalue weighted by molar-refractivity contribution is 1.08. The fraction of sp³-hybridized carbons (Fsp3) is 0.214. The van der Waals surface area contributed by atoms with Gasteiger partial charge in [0.15, 0.2) is 0 Å². The molecule has 2 rings (SSSR count). The van der Waals surface area contributed by atoms with E-state index in [4.69, 9.17) is 16.9 Å². The monoisotopic (exact) mass is 287 g/mol. The SMILES string of the molecule is CCNc1ncnc(Nc2cc(Cl)ccc2C#N)c1C. The molecule has 0 bridgehead atoms. The Labute approximate surface area is 122 Å². The van der Waals surface area contributed by atoms with Crippen molar-refractivity contribution < 1.29 is 0 Å². The van der Waals surface area contributed by atoms with Crippen molar-refractivity contribution in [2.24, 2.45) is 0 Å². The highest BCUT2D eigenvalue weighted by molar-refractivity contribution is 6.30. The van der Waals surface area contributed by atoms with Crippen LogP contribution < -0.4 is 10.6 Å². The van der Waals surface area contributed by atoms with Gasteiger partial charge in [-0.1, -0.05) is 11.6 Å². The van der Waals surface area contributed by atoms with Gasteiger partial charge in [-0.15, -0.1) is 0 Å². The highest BCUT2D eigenvalue weighted by Crippen LogP contribution is 2.26. The van der Waals surface area contributed by atoms with Gasteiger partial charge in [-0.2, -0.15) is 5.26 Å². The second kappa shape index (κ2) is 6.22. The molecular weight excluding hydrogens is 274 g/mol. The summed E-state index contributed by atoms with van der Waals surface area (Å²) in [6.07, 6.45) is 1.48. The lowest BCUT2D eigenvalue weighted by atomic mass is 10.2. The molecule has 0 saturated carbocycles. The number of halogens is 1. The number of benzene rings is 1. The van der Waals surface area contributed by atoms with E-state index in [-0.39, 0.29) is 0 Å². The third-order valence-corrected chi connectivity index (χ3v) is 3.02. The Bertz CT molecular complexity index is 663. The molecule has 0 amide bonds. The summed E-state index contributed by atoms with van der Waals surface area (Å²) in [6, 6.07) is 7.18. The summed E-state index contributed by atoms with van der Waals surface area (Å²) < 4.78 is 0.